The molecule has 154 valence electrons. The lowest BCUT2D eigenvalue weighted by Crippen LogP contribution is -2.54. The fourth-order valence-corrected chi connectivity index (χ4v) is 3.73. The van der Waals surface area contributed by atoms with Gasteiger partial charge in [0.2, 0.25) is 5.91 Å². The molecule has 1 N–H and O–H groups in total. The number of rotatable bonds is 8. The van der Waals surface area contributed by atoms with Gasteiger partial charge in [0.05, 0.1) is 17.4 Å². The highest BCUT2D eigenvalue weighted by Gasteiger charge is 2.40. The molecule has 9 heteroatoms. The fourth-order valence-electron chi connectivity index (χ4n) is 2.76. The predicted octanol–water partition coefficient (Wildman–Crippen LogP) is 2.53. The molecule has 3 rings (SSSR count). The van der Waals surface area contributed by atoms with E-state index < -0.39 is 28.2 Å². The zero-order chi connectivity index (χ0) is 20.9. The van der Waals surface area contributed by atoms with E-state index >= 15 is 0 Å². The molecule has 0 unspecified atom stereocenters. The first-order valence-electron chi connectivity index (χ1n) is 9.13. The van der Waals surface area contributed by atoms with Crippen molar-refractivity contribution in [1.29, 1.82) is 0 Å². The number of aryl methyl sites for hydroxylation is 1. The van der Waals surface area contributed by atoms with Gasteiger partial charge in [0.25, 0.3) is 0 Å². The van der Waals surface area contributed by atoms with Crippen molar-refractivity contribution in [3.8, 4) is 0 Å². The number of hydroxylamine groups is 2. The minimum Gasteiger partial charge on any atom is -0.445 e. The van der Waals surface area contributed by atoms with Crippen molar-refractivity contribution in [2.45, 2.75) is 37.3 Å². The number of alkyl carbamates (subject to hydrolysis) is 1. The smallest absolute Gasteiger partial charge is 0.407 e. The number of β-lactam (4-membered cyclic amide) rings is 1. The molecule has 1 atom stereocenters. The Balaban J connectivity index is 1.45. The van der Waals surface area contributed by atoms with Gasteiger partial charge in [0, 0.05) is 6.54 Å². The topological polar surface area (TPSA) is 102 Å². The Bertz CT molecular complexity index is 960. The number of hydrogen-bond acceptors (Lipinski definition) is 6. The monoisotopic (exact) mass is 418 g/mol. The van der Waals surface area contributed by atoms with Crippen molar-refractivity contribution in [2.24, 2.45) is 0 Å². The summed E-state index contributed by atoms with van der Waals surface area (Å²) in [7, 11) is -4.09. The number of nitrogens with zero attached hydrogens (tertiary/aromatic N) is 1. The molecule has 2 amide bonds. The lowest BCUT2D eigenvalue weighted by molar-refractivity contribution is -0.189. The molecular weight excluding hydrogens is 396 g/mol. The summed E-state index contributed by atoms with van der Waals surface area (Å²) in [5.74, 6) is -0.419. The minimum absolute atomic E-state index is 0.0239. The van der Waals surface area contributed by atoms with Crippen LogP contribution in [0.5, 0.6) is 0 Å². The Kier molecular flexibility index (Phi) is 6.50. The summed E-state index contributed by atoms with van der Waals surface area (Å²) in [5, 5.41) is 3.44. The van der Waals surface area contributed by atoms with Crippen LogP contribution in [0.1, 0.15) is 24.0 Å². The highest BCUT2D eigenvalue weighted by molar-refractivity contribution is 7.86. The maximum Gasteiger partial charge on any atom is 0.407 e. The van der Waals surface area contributed by atoms with Crippen LogP contribution in [0.15, 0.2) is 59.5 Å². The van der Waals surface area contributed by atoms with E-state index in [9.17, 15) is 18.0 Å². The van der Waals surface area contributed by atoms with Gasteiger partial charge >= 0.3 is 16.2 Å². The van der Waals surface area contributed by atoms with Crippen LogP contribution in [0.25, 0.3) is 0 Å². The van der Waals surface area contributed by atoms with E-state index in [1.807, 2.05) is 37.3 Å². The Morgan fingerprint density at radius 2 is 1.83 bits per heavy atom. The van der Waals surface area contributed by atoms with E-state index in [4.69, 9.17) is 9.02 Å². The molecule has 1 aliphatic heterocycles. The van der Waals surface area contributed by atoms with Gasteiger partial charge in [-0.2, -0.15) is 13.5 Å². The van der Waals surface area contributed by atoms with Crippen LogP contribution in [-0.2, 0) is 30.5 Å². The Morgan fingerprint density at radius 1 is 1.14 bits per heavy atom. The number of benzene rings is 2. The summed E-state index contributed by atoms with van der Waals surface area (Å²) >= 11 is 0. The van der Waals surface area contributed by atoms with Crippen molar-refractivity contribution in [1.82, 2.24) is 10.4 Å². The summed E-state index contributed by atoms with van der Waals surface area (Å²) in [5.41, 5.74) is 1.78. The van der Waals surface area contributed by atoms with E-state index in [0.29, 0.717) is 6.42 Å². The molecule has 2 aromatic carbocycles. The maximum atomic E-state index is 12.3. The molecule has 1 aliphatic rings. The molecule has 0 radical (unpaired) electrons. The third kappa shape index (κ3) is 5.55. The van der Waals surface area contributed by atoms with Crippen molar-refractivity contribution in [3.63, 3.8) is 0 Å². The van der Waals surface area contributed by atoms with Crippen molar-refractivity contribution in [3.05, 3.63) is 65.7 Å². The summed E-state index contributed by atoms with van der Waals surface area (Å²) < 4.78 is 34.8. The Morgan fingerprint density at radius 3 is 2.48 bits per heavy atom. The van der Waals surface area contributed by atoms with Gasteiger partial charge < -0.3 is 10.1 Å². The standard InChI is InChI=1S/C20H22N2O6S/c1-15-7-9-18(10-8-15)29(25,26)28-22-17(13-19(22)23)11-12-21-20(24)27-14-16-5-3-2-4-6-16/h2-10,17H,11-14H2,1H3,(H,21,24)/t17-/m1/s1. The minimum atomic E-state index is -4.09. The lowest BCUT2D eigenvalue weighted by Gasteiger charge is -2.37. The molecule has 1 heterocycles. The van der Waals surface area contributed by atoms with Crippen LogP contribution >= 0.6 is 0 Å². The number of carbonyl (C=O) groups excluding carboxylic acids is 2. The molecule has 0 bridgehead atoms. The quantitative estimate of drug-likeness (QED) is 0.661. The summed E-state index contributed by atoms with van der Waals surface area (Å²) in [4.78, 5) is 23.5. The number of amides is 2. The molecule has 0 saturated carbocycles. The van der Waals surface area contributed by atoms with Gasteiger partial charge in [-0.15, -0.1) is 4.28 Å². The van der Waals surface area contributed by atoms with E-state index in [1.54, 1.807) is 12.1 Å². The zero-order valence-electron chi connectivity index (χ0n) is 15.9. The zero-order valence-corrected chi connectivity index (χ0v) is 16.7. The normalized spacial score (nSPS) is 16.2. The van der Waals surface area contributed by atoms with E-state index in [2.05, 4.69) is 5.32 Å². The Labute approximate surface area is 169 Å². The van der Waals surface area contributed by atoms with Gasteiger partial charge in [-0.3, -0.25) is 4.79 Å². The SMILES string of the molecule is Cc1ccc(S(=O)(=O)ON2C(=O)C[C@H]2CCNC(=O)OCc2ccccc2)cc1. The first kappa shape index (κ1) is 20.8. The molecule has 1 saturated heterocycles. The summed E-state index contributed by atoms with van der Waals surface area (Å²) in [6.45, 7) is 2.21. The van der Waals surface area contributed by atoms with Gasteiger partial charge in [-0.25, -0.2) is 4.79 Å². The first-order valence-corrected chi connectivity index (χ1v) is 10.5. The number of hydrogen-bond donors (Lipinski definition) is 1. The highest BCUT2D eigenvalue weighted by Crippen LogP contribution is 2.26. The number of nitrogens with one attached hydrogen (secondary N) is 1. The van der Waals surface area contributed by atoms with Crippen LogP contribution in [0, 0.1) is 6.92 Å². The summed E-state index contributed by atoms with van der Waals surface area (Å²) in [6.07, 6.45) is -0.0843. The average Bonchev–Trinajstić information content (AvgIpc) is 2.71. The van der Waals surface area contributed by atoms with Crippen LogP contribution < -0.4 is 5.32 Å². The first-order chi connectivity index (χ1) is 13.8. The van der Waals surface area contributed by atoms with Gasteiger partial charge in [-0.05, 0) is 31.0 Å². The van der Waals surface area contributed by atoms with Crippen LogP contribution in [0.4, 0.5) is 4.79 Å². The van der Waals surface area contributed by atoms with Gasteiger partial charge in [0.1, 0.15) is 6.61 Å². The Hall–Kier alpha value is -2.91. The van der Waals surface area contributed by atoms with Crippen molar-refractivity contribution < 1.29 is 27.0 Å². The molecule has 29 heavy (non-hydrogen) atoms. The second-order valence-corrected chi connectivity index (χ2v) is 8.23. The number of carbonyl (C=O) groups is 2. The molecule has 1 fully saturated rings. The van der Waals surface area contributed by atoms with Crippen LogP contribution in [-0.4, -0.2) is 38.1 Å². The molecule has 0 aromatic heterocycles. The van der Waals surface area contributed by atoms with E-state index in [-0.39, 0.29) is 24.5 Å². The van der Waals surface area contributed by atoms with E-state index in [0.717, 1.165) is 16.2 Å². The second kappa shape index (κ2) is 9.06. The predicted molar refractivity (Wildman–Crippen MR) is 104 cm³/mol. The fraction of sp³-hybridized carbons (Fsp3) is 0.300. The maximum absolute atomic E-state index is 12.3. The molecule has 0 aliphatic carbocycles. The average molecular weight is 418 g/mol. The lowest BCUT2D eigenvalue weighted by atomic mass is 10.0. The van der Waals surface area contributed by atoms with Crippen LogP contribution in [0.2, 0.25) is 0 Å². The largest absolute Gasteiger partial charge is 0.445 e. The third-order valence-corrected chi connectivity index (χ3v) is 5.64. The highest BCUT2D eigenvalue weighted by atomic mass is 32.2. The molecular formula is C20H22N2O6S. The summed E-state index contributed by atoms with van der Waals surface area (Å²) in [6, 6.07) is 15.0. The van der Waals surface area contributed by atoms with Gasteiger partial charge in [-0.1, -0.05) is 48.0 Å². The molecule has 8 nitrogen and oxygen atoms in total. The van der Waals surface area contributed by atoms with Gasteiger partial charge in [0.15, 0.2) is 0 Å². The van der Waals surface area contributed by atoms with Crippen molar-refractivity contribution in [2.75, 3.05) is 6.54 Å². The number of ether oxygens (including phenoxy) is 1. The van der Waals surface area contributed by atoms with Crippen LogP contribution in [0.3, 0.4) is 0 Å². The molecule has 0 spiro atoms. The van der Waals surface area contributed by atoms with Crippen molar-refractivity contribution >= 4 is 22.1 Å². The third-order valence-electron chi connectivity index (χ3n) is 4.44. The second-order valence-electron chi connectivity index (χ2n) is 6.70. The molecule has 2 aromatic rings. The van der Waals surface area contributed by atoms with E-state index in [1.165, 1.54) is 12.1 Å².